The van der Waals surface area contributed by atoms with Crippen molar-refractivity contribution in [1.82, 2.24) is 0 Å². The fraction of sp³-hybridized carbons (Fsp3) is 1.00. The molecule has 0 fully saturated rings. The second-order valence-electron chi connectivity index (χ2n) is 3.69. The maximum Gasteiger partial charge on any atom is 0.0267 e. The lowest BCUT2D eigenvalue weighted by atomic mass is 10.1. The average molecular weight is 187 g/mol. The molecule has 0 saturated heterocycles. The molecule has 0 heteroatoms. The van der Waals surface area contributed by atoms with Gasteiger partial charge in [0.05, 0.1) is 0 Å². The molecule has 0 unspecified atom stereocenters. The van der Waals surface area contributed by atoms with Crippen LogP contribution < -0.4 is 0 Å². The maximum atomic E-state index is 7.86. The first-order chi connectivity index (χ1) is 7.81. The molecule has 0 aromatic rings. The van der Waals surface area contributed by atoms with Gasteiger partial charge in [0, 0.05) is 4.11 Å². The molecule has 0 saturated carbocycles. The Morgan fingerprint density at radius 1 is 0.692 bits per heavy atom. The van der Waals surface area contributed by atoms with Gasteiger partial charge in [-0.25, -0.2) is 0 Å². The third-order valence-corrected chi connectivity index (χ3v) is 2.32. The van der Waals surface area contributed by atoms with Gasteiger partial charge in [0.15, 0.2) is 0 Å². The van der Waals surface area contributed by atoms with E-state index in [-0.39, 0.29) is 6.40 Å². The van der Waals surface area contributed by atoms with Gasteiger partial charge >= 0.3 is 0 Å². The lowest BCUT2D eigenvalue weighted by Crippen LogP contribution is -1.80. The highest BCUT2D eigenvalue weighted by Crippen LogP contribution is 2.10. The summed E-state index contributed by atoms with van der Waals surface area (Å²) in [6.07, 6.45) is 11.3. The lowest BCUT2D eigenvalue weighted by Gasteiger charge is -2.00. The van der Waals surface area contributed by atoms with Crippen molar-refractivity contribution in [2.75, 3.05) is 0 Å². The van der Waals surface area contributed by atoms with Crippen LogP contribution in [0.5, 0.6) is 0 Å². The summed E-state index contributed by atoms with van der Waals surface area (Å²) in [5, 5.41) is 0. The highest BCUT2D eigenvalue weighted by molar-refractivity contribution is 4.46. The SMILES string of the molecule is [2H]CCCCCCC([2H])CCCCCC[2H]. The van der Waals surface area contributed by atoms with Gasteiger partial charge in [-0.1, -0.05) is 84.4 Å². The summed E-state index contributed by atoms with van der Waals surface area (Å²) >= 11 is 0. The number of unbranched alkanes of at least 4 members (excludes halogenated alkanes) is 6. The summed E-state index contributed by atoms with van der Waals surface area (Å²) in [4.78, 5) is 0. The van der Waals surface area contributed by atoms with Crippen LogP contribution in [0.15, 0.2) is 0 Å². The first-order valence-electron chi connectivity index (χ1n) is 7.81. The first kappa shape index (κ1) is 8.32. The van der Waals surface area contributed by atoms with Crippen molar-refractivity contribution >= 4 is 0 Å². The molecule has 0 rings (SSSR count). The largest absolute Gasteiger partial charge is 0.0654 e. The van der Waals surface area contributed by atoms with E-state index in [1.165, 1.54) is 38.5 Å². The zero-order valence-corrected chi connectivity index (χ0v) is 9.06. The van der Waals surface area contributed by atoms with Gasteiger partial charge in [-0.3, -0.25) is 0 Å². The summed E-state index contributed by atoms with van der Waals surface area (Å²) in [5.41, 5.74) is 0. The third kappa shape index (κ3) is 12.0. The number of hydrogen-bond donors (Lipinski definition) is 0. The van der Waals surface area contributed by atoms with Crippen LogP contribution in [0.1, 0.15) is 88.5 Å². The Balaban J connectivity index is 3.09. The molecule has 0 nitrogen and oxygen atoms in total. The van der Waals surface area contributed by atoms with Crippen molar-refractivity contribution in [3.63, 3.8) is 0 Å². The zero-order chi connectivity index (χ0) is 12.1. The molecule has 0 aromatic carbocycles. The molecule has 0 N–H and O–H groups in total. The summed E-state index contributed by atoms with van der Waals surface area (Å²) in [7, 11) is 0. The second kappa shape index (κ2) is 12.0. The van der Waals surface area contributed by atoms with E-state index in [9.17, 15) is 0 Å². The highest BCUT2D eigenvalue weighted by atomic mass is 14.0. The molecular formula is C13H28. The van der Waals surface area contributed by atoms with E-state index < -0.39 is 0 Å². The molecule has 0 aliphatic rings. The summed E-state index contributed by atoms with van der Waals surface area (Å²) < 4.78 is 21.9. The Labute approximate surface area is 89.3 Å². The topological polar surface area (TPSA) is 0 Å². The molecule has 0 radical (unpaired) electrons. The molecule has 0 spiro atoms. The number of rotatable bonds is 10. The van der Waals surface area contributed by atoms with E-state index in [0.717, 1.165) is 25.7 Å². The molecule has 13 heavy (non-hydrogen) atoms. The van der Waals surface area contributed by atoms with Crippen molar-refractivity contribution in [3.05, 3.63) is 0 Å². The molecule has 0 atom stereocenters. The van der Waals surface area contributed by atoms with Crippen molar-refractivity contribution in [3.8, 4) is 0 Å². The van der Waals surface area contributed by atoms with Crippen LogP contribution in [0.2, 0.25) is 0 Å². The molecule has 0 heterocycles. The van der Waals surface area contributed by atoms with Crippen LogP contribution >= 0.6 is 0 Å². The Morgan fingerprint density at radius 2 is 1.15 bits per heavy atom. The number of hydrogen-bond acceptors (Lipinski definition) is 0. The van der Waals surface area contributed by atoms with E-state index in [4.69, 9.17) is 4.11 Å². The van der Waals surface area contributed by atoms with E-state index >= 15 is 0 Å². The van der Waals surface area contributed by atoms with Crippen LogP contribution in [0.4, 0.5) is 0 Å². The quantitative estimate of drug-likeness (QED) is 0.406. The third-order valence-electron chi connectivity index (χ3n) is 2.32. The van der Waals surface area contributed by atoms with Crippen molar-refractivity contribution < 1.29 is 4.11 Å². The smallest absolute Gasteiger partial charge is 0.0267 e. The van der Waals surface area contributed by atoms with Crippen LogP contribution in [0.25, 0.3) is 0 Å². The monoisotopic (exact) mass is 187 g/mol. The Kier molecular flexibility index (Phi) is 7.68. The first-order valence-corrected chi connectivity index (χ1v) is 5.82. The average Bonchev–Trinajstić information content (AvgIpc) is 2.28. The Hall–Kier alpha value is 0. The van der Waals surface area contributed by atoms with E-state index in [0.29, 0.717) is 13.8 Å². The molecule has 80 valence electrons. The van der Waals surface area contributed by atoms with Crippen LogP contribution in [0, 0.1) is 0 Å². The summed E-state index contributed by atoms with van der Waals surface area (Å²) in [6, 6.07) is 0. The van der Waals surface area contributed by atoms with Gasteiger partial charge in [-0.2, -0.15) is 0 Å². The van der Waals surface area contributed by atoms with Gasteiger partial charge in [-0.05, 0) is 0 Å². The minimum absolute atomic E-state index is 0.131. The maximum absolute atomic E-state index is 7.86. The fourth-order valence-electron chi connectivity index (χ4n) is 1.43. The van der Waals surface area contributed by atoms with E-state index in [1.54, 1.807) is 0 Å². The highest BCUT2D eigenvalue weighted by Gasteiger charge is 1.90. The van der Waals surface area contributed by atoms with Crippen LogP contribution in [0.3, 0.4) is 0 Å². The molecule has 0 aliphatic heterocycles. The van der Waals surface area contributed by atoms with Crippen molar-refractivity contribution in [2.24, 2.45) is 0 Å². The van der Waals surface area contributed by atoms with Gasteiger partial charge in [-0.15, -0.1) is 0 Å². The molecule has 0 amide bonds. The zero-order valence-electron chi connectivity index (χ0n) is 12.1. The van der Waals surface area contributed by atoms with Gasteiger partial charge in [0.2, 0.25) is 0 Å². The lowest BCUT2D eigenvalue weighted by molar-refractivity contribution is 0.554. The fourth-order valence-corrected chi connectivity index (χ4v) is 1.43. The van der Waals surface area contributed by atoms with Gasteiger partial charge in [0.1, 0.15) is 0 Å². The molecular weight excluding hydrogens is 156 g/mol. The van der Waals surface area contributed by atoms with Gasteiger partial charge in [0.25, 0.3) is 0 Å². The molecule has 0 aromatic heterocycles. The Morgan fingerprint density at radius 3 is 1.62 bits per heavy atom. The van der Waals surface area contributed by atoms with E-state index in [2.05, 4.69) is 0 Å². The summed E-state index contributed by atoms with van der Waals surface area (Å²) in [6.45, 7) is 1.11. The normalized spacial score (nSPS) is 14.1. The minimum Gasteiger partial charge on any atom is -0.0654 e. The van der Waals surface area contributed by atoms with E-state index in [1.807, 2.05) is 0 Å². The van der Waals surface area contributed by atoms with Crippen LogP contribution in [-0.2, 0) is 0 Å². The second-order valence-corrected chi connectivity index (χ2v) is 3.69. The standard InChI is InChI=1S/C13H28/c1-3-5-7-9-11-13-12-10-8-6-4-2/h3-13H2,1-2H3/i1D,2D,13D. The molecule has 0 bridgehead atoms. The Bertz CT molecular complexity index is 114. The molecule has 0 aliphatic carbocycles. The van der Waals surface area contributed by atoms with Crippen LogP contribution in [-0.4, -0.2) is 0 Å². The van der Waals surface area contributed by atoms with Crippen molar-refractivity contribution in [2.45, 2.75) is 84.4 Å². The predicted octanol–water partition coefficient (Wildman–Crippen LogP) is 5.32. The van der Waals surface area contributed by atoms with Gasteiger partial charge < -0.3 is 0 Å². The van der Waals surface area contributed by atoms with Crippen molar-refractivity contribution in [1.29, 1.82) is 0 Å². The summed E-state index contributed by atoms with van der Waals surface area (Å²) in [5.74, 6) is 0. The predicted molar refractivity (Wildman–Crippen MR) is 62.1 cm³/mol. The minimum atomic E-state index is 0.131.